The zero-order valence-electron chi connectivity index (χ0n) is 16.4. The summed E-state index contributed by atoms with van der Waals surface area (Å²) < 4.78 is 29.4. The van der Waals surface area contributed by atoms with Gasteiger partial charge in [-0.2, -0.15) is 4.98 Å². The molecular formula is C20H24F2N6O. The minimum Gasteiger partial charge on any atom is -0.393 e. The molecule has 0 bridgehead atoms. The van der Waals surface area contributed by atoms with Crippen molar-refractivity contribution in [1.82, 2.24) is 19.5 Å². The van der Waals surface area contributed by atoms with E-state index in [0.29, 0.717) is 35.9 Å². The van der Waals surface area contributed by atoms with Crippen molar-refractivity contribution in [3.63, 3.8) is 0 Å². The van der Waals surface area contributed by atoms with Crippen molar-refractivity contribution in [2.75, 3.05) is 10.6 Å². The van der Waals surface area contributed by atoms with Gasteiger partial charge in [0.05, 0.1) is 18.0 Å². The van der Waals surface area contributed by atoms with Crippen LogP contribution >= 0.6 is 0 Å². The van der Waals surface area contributed by atoms with Crippen molar-refractivity contribution in [2.45, 2.75) is 57.7 Å². The maximum absolute atomic E-state index is 14.2. The topological polar surface area (TPSA) is 87.9 Å². The van der Waals surface area contributed by atoms with E-state index in [0.717, 1.165) is 18.9 Å². The predicted octanol–water partition coefficient (Wildman–Crippen LogP) is 4.14. The van der Waals surface area contributed by atoms with Crippen LogP contribution in [0, 0.1) is 11.6 Å². The molecule has 1 aliphatic carbocycles. The standard InChI is InChI=1S/C20H24F2N6O/c1-11(2)24-19-23-10-17-18(27-19)28(13-4-6-14(29)7-5-13)20(26-17)25-16-8-3-12(21)9-15(16)22/h3,8-11,13-14,29H,4-7H2,1-2H3,(H,25,26)(H,23,24,27)/t13-,14+. The van der Waals surface area contributed by atoms with Crippen LogP contribution in [0.4, 0.5) is 26.4 Å². The highest BCUT2D eigenvalue weighted by Gasteiger charge is 2.26. The fraction of sp³-hybridized carbons (Fsp3) is 0.450. The third-order valence-electron chi connectivity index (χ3n) is 5.06. The van der Waals surface area contributed by atoms with Gasteiger partial charge in [-0.15, -0.1) is 0 Å². The van der Waals surface area contributed by atoms with Gasteiger partial charge in [-0.3, -0.25) is 4.57 Å². The molecule has 1 fully saturated rings. The van der Waals surface area contributed by atoms with Crippen LogP contribution < -0.4 is 10.6 Å². The minimum atomic E-state index is -0.698. The Bertz CT molecular complexity index is 1010. The first-order valence-corrected chi connectivity index (χ1v) is 9.82. The summed E-state index contributed by atoms with van der Waals surface area (Å²) in [6, 6.07) is 3.59. The Hall–Kier alpha value is -2.81. The molecule has 4 rings (SSSR count). The van der Waals surface area contributed by atoms with Gasteiger partial charge in [-0.1, -0.05) is 0 Å². The van der Waals surface area contributed by atoms with Gasteiger partial charge in [0.25, 0.3) is 0 Å². The first kappa shape index (κ1) is 19.5. The number of aliphatic hydroxyl groups excluding tert-OH is 1. The van der Waals surface area contributed by atoms with E-state index in [9.17, 15) is 13.9 Å². The van der Waals surface area contributed by atoms with E-state index in [4.69, 9.17) is 0 Å². The van der Waals surface area contributed by atoms with E-state index >= 15 is 0 Å². The number of hydrogen-bond acceptors (Lipinski definition) is 6. The quantitative estimate of drug-likeness (QED) is 0.594. The lowest BCUT2D eigenvalue weighted by Crippen LogP contribution is -2.22. The molecule has 1 aromatic carbocycles. The van der Waals surface area contributed by atoms with Crippen LogP contribution in [0.25, 0.3) is 11.2 Å². The van der Waals surface area contributed by atoms with Gasteiger partial charge < -0.3 is 15.7 Å². The van der Waals surface area contributed by atoms with Crippen molar-refractivity contribution in [3.05, 3.63) is 36.0 Å². The molecule has 29 heavy (non-hydrogen) atoms. The first-order chi connectivity index (χ1) is 13.9. The highest BCUT2D eigenvalue weighted by molar-refractivity contribution is 5.76. The lowest BCUT2D eigenvalue weighted by Gasteiger charge is -2.28. The Kier molecular flexibility index (Phi) is 5.31. The third kappa shape index (κ3) is 4.14. The van der Waals surface area contributed by atoms with Crippen molar-refractivity contribution >= 4 is 28.7 Å². The molecule has 0 amide bonds. The molecule has 0 radical (unpaired) electrons. The Balaban J connectivity index is 1.78. The van der Waals surface area contributed by atoms with E-state index in [2.05, 4.69) is 25.6 Å². The maximum Gasteiger partial charge on any atom is 0.224 e. The van der Waals surface area contributed by atoms with Gasteiger partial charge in [0.1, 0.15) is 17.2 Å². The zero-order valence-corrected chi connectivity index (χ0v) is 16.4. The number of fused-ring (bicyclic) bond motifs is 1. The molecule has 7 nitrogen and oxygen atoms in total. The summed E-state index contributed by atoms with van der Waals surface area (Å²) in [4.78, 5) is 13.5. The minimum absolute atomic E-state index is 0.0520. The van der Waals surface area contributed by atoms with Crippen LogP contribution in [0.15, 0.2) is 24.4 Å². The summed E-state index contributed by atoms with van der Waals surface area (Å²) >= 11 is 0. The monoisotopic (exact) mass is 402 g/mol. The molecule has 3 aromatic rings. The van der Waals surface area contributed by atoms with Crippen LogP contribution in [0.5, 0.6) is 0 Å². The molecular weight excluding hydrogens is 378 g/mol. The fourth-order valence-electron chi connectivity index (χ4n) is 3.68. The van der Waals surface area contributed by atoms with Crippen LogP contribution in [0.3, 0.4) is 0 Å². The fourth-order valence-corrected chi connectivity index (χ4v) is 3.68. The van der Waals surface area contributed by atoms with Crippen molar-refractivity contribution in [2.24, 2.45) is 0 Å². The van der Waals surface area contributed by atoms with Gasteiger partial charge in [-0.25, -0.2) is 18.7 Å². The van der Waals surface area contributed by atoms with Crippen LogP contribution in [0.1, 0.15) is 45.6 Å². The Morgan fingerprint density at radius 2 is 1.90 bits per heavy atom. The van der Waals surface area contributed by atoms with Crippen LogP contribution in [-0.4, -0.2) is 36.8 Å². The highest BCUT2D eigenvalue weighted by Crippen LogP contribution is 2.35. The maximum atomic E-state index is 14.2. The highest BCUT2D eigenvalue weighted by atomic mass is 19.1. The SMILES string of the molecule is CC(C)Nc1ncc2nc(Nc3ccc(F)cc3F)n([C@H]3CC[C@@H](O)CC3)c2n1. The number of rotatable bonds is 5. The van der Waals surface area contributed by atoms with Gasteiger partial charge in [0.15, 0.2) is 5.65 Å². The van der Waals surface area contributed by atoms with Gasteiger partial charge in [0.2, 0.25) is 11.9 Å². The number of benzene rings is 1. The molecule has 0 saturated heterocycles. The summed E-state index contributed by atoms with van der Waals surface area (Å²) in [7, 11) is 0. The van der Waals surface area contributed by atoms with E-state index < -0.39 is 11.6 Å². The number of aromatic nitrogens is 4. The lowest BCUT2D eigenvalue weighted by atomic mass is 9.93. The molecule has 0 unspecified atom stereocenters. The number of anilines is 3. The Morgan fingerprint density at radius 3 is 2.59 bits per heavy atom. The number of nitrogens with one attached hydrogen (secondary N) is 2. The average molecular weight is 402 g/mol. The second kappa shape index (κ2) is 7.90. The molecule has 0 aliphatic heterocycles. The normalized spacial score (nSPS) is 19.7. The van der Waals surface area contributed by atoms with Gasteiger partial charge in [0, 0.05) is 18.2 Å². The van der Waals surface area contributed by atoms with Crippen LogP contribution in [0.2, 0.25) is 0 Å². The van der Waals surface area contributed by atoms with Crippen molar-refractivity contribution in [3.8, 4) is 0 Å². The number of nitrogens with zero attached hydrogens (tertiary/aromatic N) is 4. The summed E-state index contributed by atoms with van der Waals surface area (Å²) in [5, 5.41) is 16.1. The van der Waals surface area contributed by atoms with Crippen molar-refractivity contribution in [1.29, 1.82) is 0 Å². The summed E-state index contributed by atoms with van der Waals surface area (Å²) in [6.07, 6.45) is 4.19. The van der Waals surface area contributed by atoms with E-state index in [1.54, 1.807) is 6.20 Å². The average Bonchev–Trinajstić information content (AvgIpc) is 3.01. The molecule has 0 atom stereocenters. The summed E-state index contributed by atoms with van der Waals surface area (Å²) in [6.45, 7) is 4.00. The number of halogens is 2. The third-order valence-corrected chi connectivity index (χ3v) is 5.06. The molecule has 1 saturated carbocycles. The van der Waals surface area contributed by atoms with Crippen LogP contribution in [-0.2, 0) is 0 Å². The second-order valence-corrected chi connectivity index (χ2v) is 7.72. The molecule has 9 heteroatoms. The molecule has 2 heterocycles. The van der Waals surface area contributed by atoms with Gasteiger partial charge in [-0.05, 0) is 51.7 Å². The molecule has 2 aromatic heterocycles. The lowest BCUT2D eigenvalue weighted by molar-refractivity contribution is 0.112. The molecule has 1 aliphatic rings. The molecule has 3 N–H and O–H groups in total. The summed E-state index contributed by atoms with van der Waals surface area (Å²) in [5.41, 5.74) is 1.34. The molecule has 154 valence electrons. The molecule has 0 spiro atoms. The first-order valence-electron chi connectivity index (χ1n) is 9.82. The number of aliphatic hydroxyl groups is 1. The second-order valence-electron chi connectivity index (χ2n) is 7.72. The van der Waals surface area contributed by atoms with Crippen molar-refractivity contribution < 1.29 is 13.9 Å². The van der Waals surface area contributed by atoms with E-state index in [1.165, 1.54) is 12.1 Å². The number of hydrogen-bond donors (Lipinski definition) is 3. The number of imidazole rings is 1. The largest absolute Gasteiger partial charge is 0.393 e. The Labute approximate surface area is 167 Å². The van der Waals surface area contributed by atoms with E-state index in [-0.39, 0.29) is 23.9 Å². The smallest absolute Gasteiger partial charge is 0.224 e. The Morgan fingerprint density at radius 1 is 1.14 bits per heavy atom. The predicted molar refractivity (Wildman–Crippen MR) is 107 cm³/mol. The van der Waals surface area contributed by atoms with E-state index in [1.807, 2.05) is 18.4 Å². The van der Waals surface area contributed by atoms with Gasteiger partial charge >= 0.3 is 0 Å². The summed E-state index contributed by atoms with van der Waals surface area (Å²) in [5.74, 6) is -0.430. The zero-order chi connectivity index (χ0) is 20.5.